The van der Waals surface area contributed by atoms with Gasteiger partial charge in [0, 0.05) is 55.4 Å². The standard InChI is InChI=1S/C20H25F2N5O/c1-13-6-14(2)25-20(24-13)27-9-15-7-17(27)11-26(8-15)10-16-4-3-5-23-19(16)28-12-18(21)22/h3-6,15,17-18H,7-12H2,1-2H3. The maximum atomic E-state index is 12.5. The average molecular weight is 389 g/mol. The van der Waals surface area contributed by atoms with Gasteiger partial charge in [-0.25, -0.2) is 23.7 Å². The lowest BCUT2D eigenvalue weighted by Gasteiger charge is -2.33. The van der Waals surface area contributed by atoms with Gasteiger partial charge in [0.15, 0.2) is 6.61 Å². The van der Waals surface area contributed by atoms with Crippen LogP contribution in [0.3, 0.4) is 0 Å². The second kappa shape index (κ2) is 7.95. The number of hydrogen-bond donors (Lipinski definition) is 0. The van der Waals surface area contributed by atoms with Crippen molar-refractivity contribution in [2.24, 2.45) is 5.92 Å². The van der Waals surface area contributed by atoms with Gasteiger partial charge in [0.25, 0.3) is 6.43 Å². The molecule has 2 fully saturated rings. The normalized spacial score (nSPS) is 22.1. The molecule has 6 nitrogen and oxygen atoms in total. The van der Waals surface area contributed by atoms with E-state index in [4.69, 9.17) is 4.74 Å². The van der Waals surface area contributed by atoms with Crippen molar-refractivity contribution in [3.05, 3.63) is 41.3 Å². The summed E-state index contributed by atoms with van der Waals surface area (Å²) in [5.41, 5.74) is 2.81. The lowest BCUT2D eigenvalue weighted by Crippen LogP contribution is -2.42. The summed E-state index contributed by atoms with van der Waals surface area (Å²) in [5.74, 6) is 1.66. The molecule has 4 rings (SSSR count). The predicted molar refractivity (Wildman–Crippen MR) is 102 cm³/mol. The topological polar surface area (TPSA) is 54.4 Å². The zero-order valence-corrected chi connectivity index (χ0v) is 16.2. The number of ether oxygens (including phenoxy) is 1. The van der Waals surface area contributed by atoms with Gasteiger partial charge in [0.2, 0.25) is 11.8 Å². The Labute approximate surface area is 163 Å². The first kappa shape index (κ1) is 19.0. The van der Waals surface area contributed by atoms with E-state index in [0.717, 1.165) is 49.0 Å². The third-order valence-corrected chi connectivity index (χ3v) is 5.30. The van der Waals surface area contributed by atoms with Gasteiger partial charge in [-0.2, -0.15) is 0 Å². The number of fused-ring (bicyclic) bond motifs is 2. The first-order valence-electron chi connectivity index (χ1n) is 9.64. The molecule has 150 valence electrons. The fourth-order valence-electron chi connectivity index (χ4n) is 4.32. The van der Waals surface area contributed by atoms with Crippen LogP contribution < -0.4 is 9.64 Å². The van der Waals surface area contributed by atoms with Crippen molar-refractivity contribution in [3.63, 3.8) is 0 Å². The Morgan fingerprint density at radius 1 is 1.18 bits per heavy atom. The highest BCUT2D eigenvalue weighted by Crippen LogP contribution is 2.33. The molecule has 0 amide bonds. The SMILES string of the molecule is Cc1cc(C)nc(N2CC3CC2CN(Cc2cccnc2OCC(F)F)C3)n1. The molecule has 0 radical (unpaired) electrons. The summed E-state index contributed by atoms with van der Waals surface area (Å²) in [5, 5.41) is 0. The molecule has 2 aliphatic rings. The molecule has 0 saturated carbocycles. The summed E-state index contributed by atoms with van der Waals surface area (Å²) >= 11 is 0. The van der Waals surface area contributed by atoms with Crippen LogP contribution in [0.5, 0.6) is 5.88 Å². The number of hydrogen-bond acceptors (Lipinski definition) is 6. The Bertz CT molecular complexity index is 814. The maximum absolute atomic E-state index is 12.5. The average Bonchev–Trinajstić information content (AvgIpc) is 2.94. The van der Waals surface area contributed by atoms with E-state index in [0.29, 0.717) is 24.4 Å². The number of rotatable bonds is 6. The first-order valence-corrected chi connectivity index (χ1v) is 9.64. The number of piperidine rings is 1. The number of aromatic nitrogens is 3. The van der Waals surface area contributed by atoms with Gasteiger partial charge in [0.05, 0.1) is 0 Å². The minimum absolute atomic E-state index is 0.301. The van der Waals surface area contributed by atoms with Crippen LogP contribution in [0.1, 0.15) is 23.4 Å². The Morgan fingerprint density at radius 3 is 2.71 bits per heavy atom. The Kier molecular flexibility index (Phi) is 5.39. The minimum atomic E-state index is -2.51. The predicted octanol–water partition coefficient (Wildman–Crippen LogP) is 2.84. The van der Waals surface area contributed by atoms with Crippen molar-refractivity contribution >= 4 is 5.95 Å². The van der Waals surface area contributed by atoms with E-state index < -0.39 is 13.0 Å². The summed E-state index contributed by atoms with van der Waals surface area (Å²) < 4.78 is 30.2. The molecule has 0 spiro atoms. The number of alkyl halides is 2. The highest BCUT2D eigenvalue weighted by atomic mass is 19.3. The van der Waals surface area contributed by atoms with Crippen LogP contribution >= 0.6 is 0 Å². The summed E-state index contributed by atoms with van der Waals surface area (Å²) in [6.07, 6.45) is 0.199. The molecule has 4 heterocycles. The van der Waals surface area contributed by atoms with E-state index in [1.165, 1.54) is 0 Å². The van der Waals surface area contributed by atoms with Crippen LogP contribution in [0, 0.1) is 19.8 Å². The monoisotopic (exact) mass is 389 g/mol. The largest absolute Gasteiger partial charge is 0.471 e. The lowest BCUT2D eigenvalue weighted by molar-refractivity contribution is 0.0782. The zero-order valence-electron chi connectivity index (χ0n) is 16.2. The van der Waals surface area contributed by atoms with Crippen molar-refractivity contribution in [2.75, 3.05) is 31.1 Å². The molecule has 2 unspecified atom stereocenters. The highest BCUT2D eigenvalue weighted by molar-refractivity contribution is 5.37. The molecular formula is C20H25F2N5O. The number of pyridine rings is 1. The van der Waals surface area contributed by atoms with E-state index in [-0.39, 0.29) is 0 Å². The van der Waals surface area contributed by atoms with Gasteiger partial charge in [-0.3, -0.25) is 4.90 Å². The second-order valence-corrected chi connectivity index (χ2v) is 7.72. The fourth-order valence-corrected chi connectivity index (χ4v) is 4.32. The van der Waals surface area contributed by atoms with Crippen LogP contribution in [0.2, 0.25) is 0 Å². The molecule has 28 heavy (non-hydrogen) atoms. The Balaban J connectivity index is 1.46. The number of aryl methyl sites for hydroxylation is 2. The van der Waals surface area contributed by atoms with E-state index in [2.05, 4.69) is 24.8 Å². The molecule has 8 heteroatoms. The third-order valence-electron chi connectivity index (χ3n) is 5.30. The van der Waals surface area contributed by atoms with Gasteiger partial charge in [-0.1, -0.05) is 6.07 Å². The number of halogens is 2. The summed E-state index contributed by atoms with van der Waals surface area (Å²) in [6, 6.07) is 6.07. The van der Waals surface area contributed by atoms with Crippen molar-refractivity contribution in [1.82, 2.24) is 19.9 Å². The Morgan fingerprint density at radius 2 is 1.96 bits per heavy atom. The number of likely N-dealkylation sites (tertiary alicyclic amines) is 1. The van der Waals surface area contributed by atoms with E-state index in [1.807, 2.05) is 32.0 Å². The van der Waals surface area contributed by atoms with Crippen LogP contribution in [0.4, 0.5) is 14.7 Å². The van der Waals surface area contributed by atoms with Crippen LogP contribution in [-0.4, -0.2) is 58.6 Å². The molecule has 0 N–H and O–H groups in total. The Hall–Kier alpha value is -2.35. The second-order valence-electron chi connectivity index (χ2n) is 7.72. The van der Waals surface area contributed by atoms with Crippen LogP contribution in [0.25, 0.3) is 0 Å². The number of nitrogens with zero attached hydrogens (tertiary/aromatic N) is 5. The zero-order chi connectivity index (χ0) is 19.7. The molecule has 2 saturated heterocycles. The van der Waals surface area contributed by atoms with Gasteiger partial charge in [-0.05, 0) is 38.3 Å². The smallest absolute Gasteiger partial charge is 0.272 e. The summed E-state index contributed by atoms with van der Waals surface area (Å²) in [7, 11) is 0. The molecule has 2 bridgehead atoms. The highest BCUT2D eigenvalue weighted by Gasteiger charge is 2.40. The van der Waals surface area contributed by atoms with E-state index in [1.54, 1.807) is 6.20 Å². The molecule has 0 aliphatic carbocycles. The lowest BCUT2D eigenvalue weighted by atomic mass is 9.99. The van der Waals surface area contributed by atoms with Gasteiger partial charge in [0.1, 0.15) is 0 Å². The molecule has 2 atom stereocenters. The van der Waals surface area contributed by atoms with Crippen molar-refractivity contribution in [1.29, 1.82) is 0 Å². The molecule has 2 aliphatic heterocycles. The first-order chi connectivity index (χ1) is 13.5. The summed E-state index contributed by atoms with van der Waals surface area (Å²) in [4.78, 5) is 18.1. The van der Waals surface area contributed by atoms with Crippen LogP contribution in [-0.2, 0) is 6.54 Å². The van der Waals surface area contributed by atoms with Crippen molar-refractivity contribution in [3.8, 4) is 5.88 Å². The minimum Gasteiger partial charge on any atom is -0.471 e. The third kappa shape index (κ3) is 4.22. The molecule has 0 aromatic carbocycles. The molecule has 2 aromatic rings. The quantitative estimate of drug-likeness (QED) is 0.757. The summed E-state index contributed by atoms with van der Waals surface area (Å²) in [6.45, 7) is 6.79. The van der Waals surface area contributed by atoms with Gasteiger partial charge < -0.3 is 9.64 Å². The molecule has 2 aromatic heterocycles. The van der Waals surface area contributed by atoms with Crippen molar-refractivity contribution < 1.29 is 13.5 Å². The van der Waals surface area contributed by atoms with Crippen LogP contribution in [0.15, 0.2) is 24.4 Å². The van der Waals surface area contributed by atoms with E-state index in [9.17, 15) is 8.78 Å². The van der Waals surface area contributed by atoms with Crippen molar-refractivity contribution in [2.45, 2.75) is 39.3 Å². The fraction of sp³-hybridized carbons (Fsp3) is 0.550. The molecular weight excluding hydrogens is 364 g/mol. The maximum Gasteiger partial charge on any atom is 0.272 e. The van der Waals surface area contributed by atoms with E-state index >= 15 is 0 Å². The van der Waals surface area contributed by atoms with Gasteiger partial charge in [-0.15, -0.1) is 0 Å². The number of anilines is 1. The van der Waals surface area contributed by atoms with Gasteiger partial charge >= 0.3 is 0 Å².